The van der Waals surface area contributed by atoms with Gasteiger partial charge in [0, 0.05) is 12.5 Å². The molecule has 22 heavy (non-hydrogen) atoms. The van der Waals surface area contributed by atoms with Gasteiger partial charge in [-0.25, -0.2) is 13.6 Å². The number of rotatable bonds is 5. The van der Waals surface area contributed by atoms with Crippen molar-refractivity contribution < 1.29 is 13.2 Å². The Morgan fingerprint density at radius 3 is 2.41 bits per heavy atom. The van der Waals surface area contributed by atoms with Crippen LogP contribution in [0.5, 0.6) is 0 Å². The van der Waals surface area contributed by atoms with Crippen LogP contribution in [0.2, 0.25) is 0 Å². The van der Waals surface area contributed by atoms with E-state index < -0.39 is 10.0 Å². The molecule has 3 N–H and O–H groups in total. The summed E-state index contributed by atoms with van der Waals surface area (Å²) in [5.74, 6) is 0.232. The minimum Gasteiger partial charge on any atom is -0.356 e. The molecule has 0 aliphatic carbocycles. The van der Waals surface area contributed by atoms with Crippen LogP contribution < -0.4 is 10.5 Å². The molecule has 0 atom stereocenters. The molecule has 2 rings (SSSR count). The van der Waals surface area contributed by atoms with E-state index in [1.165, 1.54) is 12.1 Å². The summed E-state index contributed by atoms with van der Waals surface area (Å²) in [5.41, 5.74) is 0.969. The van der Waals surface area contributed by atoms with Gasteiger partial charge in [0.2, 0.25) is 15.9 Å². The monoisotopic (exact) mass is 325 g/mol. The maximum atomic E-state index is 12.1. The standard InChI is InChI=1S/C15H23N3O3S/c1-18-10-7-13(8-11-18)15(19)17-9-6-12-2-4-14(5-3-12)22(16,20)21/h2-5,13H,6-11H2,1H3,(H,17,19)(H2,16,20,21). The van der Waals surface area contributed by atoms with Crippen LogP contribution in [-0.4, -0.2) is 45.9 Å². The summed E-state index contributed by atoms with van der Waals surface area (Å²) in [6, 6.07) is 6.43. The molecule has 1 heterocycles. The second-order valence-electron chi connectivity index (χ2n) is 5.81. The fourth-order valence-electron chi connectivity index (χ4n) is 2.59. The number of likely N-dealkylation sites (tertiary alicyclic amines) is 1. The van der Waals surface area contributed by atoms with Gasteiger partial charge in [-0.05, 0) is 57.1 Å². The SMILES string of the molecule is CN1CCC(C(=O)NCCc2ccc(S(N)(=O)=O)cc2)CC1. The molecule has 0 aromatic heterocycles. The van der Waals surface area contributed by atoms with Crippen LogP contribution in [0.15, 0.2) is 29.2 Å². The lowest BCUT2D eigenvalue weighted by Gasteiger charge is -2.28. The Kier molecular flexibility index (Phi) is 5.55. The summed E-state index contributed by atoms with van der Waals surface area (Å²) < 4.78 is 22.3. The zero-order valence-corrected chi connectivity index (χ0v) is 13.6. The van der Waals surface area contributed by atoms with Crippen molar-refractivity contribution in [3.8, 4) is 0 Å². The molecular weight excluding hydrogens is 302 g/mol. The third kappa shape index (κ3) is 4.79. The van der Waals surface area contributed by atoms with Crippen molar-refractivity contribution in [1.82, 2.24) is 10.2 Å². The molecule has 1 aliphatic heterocycles. The predicted molar refractivity (Wildman–Crippen MR) is 84.7 cm³/mol. The number of nitrogens with zero attached hydrogens (tertiary/aromatic N) is 1. The van der Waals surface area contributed by atoms with Gasteiger partial charge in [-0.15, -0.1) is 0 Å². The predicted octanol–water partition coefficient (Wildman–Crippen LogP) is 0.335. The van der Waals surface area contributed by atoms with E-state index in [1.807, 2.05) is 0 Å². The lowest BCUT2D eigenvalue weighted by molar-refractivity contribution is -0.126. The van der Waals surface area contributed by atoms with E-state index in [0.29, 0.717) is 13.0 Å². The molecule has 0 bridgehead atoms. The Bertz CT molecular complexity index is 605. The molecule has 1 saturated heterocycles. The van der Waals surface area contributed by atoms with Crippen LogP contribution in [0.4, 0.5) is 0 Å². The molecule has 0 unspecified atom stereocenters. The summed E-state index contributed by atoms with van der Waals surface area (Å²) in [6.07, 6.45) is 2.49. The van der Waals surface area contributed by atoms with Crippen LogP contribution in [0.3, 0.4) is 0 Å². The van der Waals surface area contributed by atoms with E-state index in [1.54, 1.807) is 12.1 Å². The molecule has 1 amide bonds. The zero-order valence-electron chi connectivity index (χ0n) is 12.8. The largest absolute Gasteiger partial charge is 0.356 e. The van der Waals surface area contributed by atoms with E-state index in [2.05, 4.69) is 17.3 Å². The summed E-state index contributed by atoms with van der Waals surface area (Å²) in [7, 11) is -1.58. The number of hydrogen-bond acceptors (Lipinski definition) is 4. The molecule has 7 heteroatoms. The summed E-state index contributed by atoms with van der Waals surface area (Å²) in [4.78, 5) is 14.4. The molecule has 1 aliphatic rings. The Labute approximate surface area is 131 Å². The third-order valence-electron chi connectivity index (χ3n) is 4.05. The topological polar surface area (TPSA) is 92.5 Å². The average Bonchev–Trinajstić information content (AvgIpc) is 2.47. The van der Waals surface area contributed by atoms with Crippen molar-refractivity contribution in [3.05, 3.63) is 29.8 Å². The second kappa shape index (κ2) is 7.21. The number of amides is 1. The summed E-state index contributed by atoms with van der Waals surface area (Å²) in [6.45, 7) is 2.49. The first-order valence-corrected chi connectivity index (χ1v) is 8.99. The molecular formula is C15H23N3O3S. The highest BCUT2D eigenvalue weighted by Crippen LogP contribution is 2.16. The van der Waals surface area contributed by atoms with Gasteiger partial charge in [0.05, 0.1) is 4.90 Å². The van der Waals surface area contributed by atoms with Crippen LogP contribution in [0.1, 0.15) is 18.4 Å². The number of nitrogens with one attached hydrogen (secondary N) is 1. The van der Waals surface area contributed by atoms with Gasteiger partial charge in [0.1, 0.15) is 0 Å². The normalized spacial score (nSPS) is 17.4. The van der Waals surface area contributed by atoms with E-state index in [0.717, 1.165) is 31.5 Å². The van der Waals surface area contributed by atoms with E-state index in [4.69, 9.17) is 5.14 Å². The van der Waals surface area contributed by atoms with E-state index >= 15 is 0 Å². The van der Waals surface area contributed by atoms with Crippen LogP contribution in [0.25, 0.3) is 0 Å². The molecule has 1 aromatic carbocycles. The van der Waals surface area contributed by atoms with Crippen LogP contribution in [0, 0.1) is 5.92 Å². The Hall–Kier alpha value is -1.44. The van der Waals surface area contributed by atoms with Crippen molar-refractivity contribution in [2.45, 2.75) is 24.2 Å². The second-order valence-corrected chi connectivity index (χ2v) is 7.37. The number of carbonyl (C=O) groups excluding carboxylic acids is 1. The number of piperidine rings is 1. The fourth-order valence-corrected chi connectivity index (χ4v) is 3.11. The first-order chi connectivity index (χ1) is 10.4. The average molecular weight is 325 g/mol. The van der Waals surface area contributed by atoms with Gasteiger partial charge in [-0.3, -0.25) is 4.79 Å². The minimum atomic E-state index is -3.65. The lowest BCUT2D eigenvalue weighted by atomic mass is 9.96. The molecule has 1 fully saturated rings. The number of nitrogens with two attached hydrogens (primary N) is 1. The zero-order chi connectivity index (χ0) is 16.2. The minimum absolute atomic E-state index is 0.103. The Morgan fingerprint density at radius 1 is 1.27 bits per heavy atom. The van der Waals surface area contributed by atoms with Gasteiger partial charge in [-0.1, -0.05) is 12.1 Å². The van der Waals surface area contributed by atoms with Crippen molar-refractivity contribution in [3.63, 3.8) is 0 Å². The number of sulfonamides is 1. The van der Waals surface area contributed by atoms with Crippen molar-refractivity contribution in [1.29, 1.82) is 0 Å². The molecule has 122 valence electrons. The number of hydrogen-bond donors (Lipinski definition) is 2. The number of benzene rings is 1. The Morgan fingerprint density at radius 2 is 1.86 bits per heavy atom. The highest BCUT2D eigenvalue weighted by Gasteiger charge is 2.22. The van der Waals surface area contributed by atoms with Crippen molar-refractivity contribution in [2.75, 3.05) is 26.7 Å². The quantitative estimate of drug-likeness (QED) is 0.816. The molecule has 1 aromatic rings. The van der Waals surface area contributed by atoms with Gasteiger partial charge in [0.25, 0.3) is 0 Å². The number of carbonyl (C=O) groups is 1. The third-order valence-corrected chi connectivity index (χ3v) is 4.98. The lowest BCUT2D eigenvalue weighted by Crippen LogP contribution is -2.39. The van der Waals surface area contributed by atoms with Crippen LogP contribution >= 0.6 is 0 Å². The molecule has 0 radical (unpaired) electrons. The highest BCUT2D eigenvalue weighted by molar-refractivity contribution is 7.89. The van der Waals surface area contributed by atoms with Gasteiger partial charge in [0.15, 0.2) is 0 Å². The van der Waals surface area contributed by atoms with E-state index in [-0.39, 0.29) is 16.7 Å². The van der Waals surface area contributed by atoms with E-state index in [9.17, 15) is 13.2 Å². The first kappa shape index (κ1) is 16.9. The van der Waals surface area contributed by atoms with Gasteiger partial charge < -0.3 is 10.2 Å². The molecule has 6 nitrogen and oxygen atoms in total. The maximum absolute atomic E-state index is 12.1. The van der Waals surface area contributed by atoms with Crippen LogP contribution in [-0.2, 0) is 21.2 Å². The molecule has 0 saturated carbocycles. The van der Waals surface area contributed by atoms with Gasteiger partial charge >= 0.3 is 0 Å². The summed E-state index contributed by atoms with van der Waals surface area (Å²) in [5, 5.41) is 8.01. The Balaban J connectivity index is 1.77. The maximum Gasteiger partial charge on any atom is 0.238 e. The van der Waals surface area contributed by atoms with Gasteiger partial charge in [-0.2, -0.15) is 0 Å². The van der Waals surface area contributed by atoms with Crippen molar-refractivity contribution in [2.24, 2.45) is 11.1 Å². The number of primary sulfonamides is 1. The smallest absolute Gasteiger partial charge is 0.238 e. The fraction of sp³-hybridized carbons (Fsp3) is 0.533. The first-order valence-electron chi connectivity index (χ1n) is 7.44. The molecule has 0 spiro atoms. The summed E-state index contributed by atoms with van der Waals surface area (Å²) >= 11 is 0. The van der Waals surface area contributed by atoms with Crippen molar-refractivity contribution >= 4 is 15.9 Å². The highest BCUT2D eigenvalue weighted by atomic mass is 32.2.